The van der Waals surface area contributed by atoms with Gasteiger partial charge in [-0.3, -0.25) is 4.79 Å². The smallest absolute Gasteiger partial charge is 0.362 e. The Balaban J connectivity index is 1.32. The van der Waals surface area contributed by atoms with Crippen LogP contribution in [-0.4, -0.2) is 42.6 Å². The monoisotopic (exact) mass is 489 g/mol. The molecule has 0 saturated heterocycles. The summed E-state index contributed by atoms with van der Waals surface area (Å²) in [4.78, 5) is 23.6. The minimum atomic E-state index is -4.85. The van der Waals surface area contributed by atoms with Crippen molar-refractivity contribution >= 4 is 28.6 Å². The van der Waals surface area contributed by atoms with Crippen LogP contribution in [0.2, 0.25) is 0 Å². The summed E-state index contributed by atoms with van der Waals surface area (Å²) < 4.78 is 52.2. The second-order valence-corrected chi connectivity index (χ2v) is 9.05. The molecule has 1 aromatic heterocycles. The highest BCUT2D eigenvalue weighted by molar-refractivity contribution is 5.94. The maximum atomic E-state index is 13.5. The third-order valence-electron chi connectivity index (χ3n) is 6.27. The number of benzene rings is 2. The number of anilines is 2. The summed E-state index contributed by atoms with van der Waals surface area (Å²) in [6.07, 6.45) is -1.48. The van der Waals surface area contributed by atoms with Crippen molar-refractivity contribution in [2.24, 2.45) is 5.92 Å². The van der Waals surface area contributed by atoms with Crippen molar-refractivity contribution in [1.29, 1.82) is 0 Å². The lowest BCUT2D eigenvalue weighted by Crippen LogP contribution is -2.34. The molecule has 186 valence electrons. The highest BCUT2D eigenvalue weighted by Crippen LogP contribution is 2.32. The van der Waals surface area contributed by atoms with Gasteiger partial charge in [0.15, 0.2) is 0 Å². The third kappa shape index (κ3) is 5.80. The molecule has 0 unspecified atom stereocenters. The number of nitrogens with zero attached hydrogens (tertiary/aromatic N) is 3. The van der Waals surface area contributed by atoms with E-state index in [0.717, 1.165) is 48.5 Å². The molecule has 6 nitrogen and oxygen atoms in total. The van der Waals surface area contributed by atoms with Gasteiger partial charge >= 0.3 is 6.18 Å². The molecule has 0 spiro atoms. The van der Waals surface area contributed by atoms with Gasteiger partial charge in [-0.25, -0.2) is 9.37 Å². The van der Waals surface area contributed by atoms with Crippen molar-refractivity contribution in [3.05, 3.63) is 59.4 Å². The van der Waals surface area contributed by atoms with Crippen LogP contribution in [0, 0.1) is 11.7 Å². The standard InChI is InChI=1S/C25H27F4N5O/c1-34(2)22-18-5-3-4-6-21(18)32-24(33-22)31-17-10-7-15(8-11-17)14-30-23(35)16-9-12-20(26)19(13-16)25(27,28)29/h3-6,9,12-13,15,17H,7-8,10-11,14H2,1-2H3,(H,30,35)(H,31,32,33)/t15-,17+. The van der Waals surface area contributed by atoms with Crippen LogP contribution in [0.4, 0.5) is 29.3 Å². The van der Waals surface area contributed by atoms with E-state index < -0.39 is 23.5 Å². The second kappa shape index (κ2) is 10.1. The van der Waals surface area contributed by atoms with E-state index in [1.54, 1.807) is 0 Å². The fourth-order valence-corrected chi connectivity index (χ4v) is 4.38. The van der Waals surface area contributed by atoms with Crippen molar-refractivity contribution in [2.75, 3.05) is 30.9 Å². The number of aromatic nitrogens is 2. The third-order valence-corrected chi connectivity index (χ3v) is 6.27. The van der Waals surface area contributed by atoms with Crippen molar-refractivity contribution in [3.8, 4) is 0 Å². The Morgan fingerprint density at radius 1 is 1.06 bits per heavy atom. The zero-order valence-corrected chi connectivity index (χ0v) is 19.5. The zero-order chi connectivity index (χ0) is 25.2. The molecule has 0 aliphatic heterocycles. The Labute approximate surface area is 200 Å². The number of fused-ring (bicyclic) bond motifs is 1. The molecule has 1 saturated carbocycles. The van der Waals surface area contributed by atoms with Gasteiger partial charge in [0, 0.05) is 37.6 Å². The van der Waals surface area contributed by atoms with E-state index in [4.69, 9.17) is 0 Å². The van der Waals surface area contributed by atoms with Crippen molar-refractivity contribution < 1.29 is 22.4 Å². The number of rotatable bonds is 6. The lowest BCUT2D eigenvalue weighted by atomic mass is 9.86. The van der Waals surface area contributed by atoms with Gasteiger partial charge in [0.25, 0.3) is 5.91 Å². The van der Waals surface area contributed by atoms with Gasteiger partial charge in [-0.15, -0.1) is 0 Å². The van der Waals surface area contributed by atoms with Crippen LogP contribution in [0.5, 0.6) is 0 Å². The second-order valence-electron chi connectivity index (χ2n) is 9.05. The first-order valence-corrected chi connectivity index (χ1v) is 11.5. The molecule has 1 aliphatic rings. The molecule has 2 aromatic carbocycles. The largest absolute Gasteiger partial charge is 0.419 e. The van der Waals surface area contributed by atoms with Crippen LogP contribution in [0.25, 0.3) is 10.9 Å². The molecule has 1 fully saturated rings. The van der Waals surface area contributed by atoms with Crippen molar-refractivity contribution in [1.82, 2.24) is 15.3 Å². The molecule has 0 bridgehead atoms. The summed E-state index contributed by atoms with van der Waals surface area (Å²) in [7, 11) is 3.88. The van der Waals surface area contributed by atoms with Gasteiger partial charge in [0.1, 0.15) is 11.6 Å². The SMILES string of the molecule is CN(C)c1nc(N[C@H]2CC[C@@H](CNC(=O)c3ccc(F)c(C(F)(F)F)c3)CC2)nc2ccccc12. The van der Waals surface area contributed by atoms with Crippen LogP contribution < -0.4 is 15.5 Å². The van der Waals surface area contributed by atoms with Crippen molar-refractivity contribution in [3.63, 3.8) is 0 Å². The number of hydrogen-bond acceptors (Lipinski definition) is 5. The van der Waals surface area contributed by atoms with Crippen LogP contribution >= 0.6 is 0 Å². The molecular weight excluding hydrogens is 462 g/mol. The maximum absolute atomic E-state index is 13.5. The minimum absolute atomic E-state index is 0.185. The summed E-state index contributed by atoms with van der Waals surface area (Å²) >= 11 is 0. The fourth-order valence-electron chi connectivity index (χ4n) is 4.38. The molecule has 2 N–H and O–H groups in total. The molecular formula is C25H27F4N5O. The molecule has 1 amide bonds. The molecule has 3 aromatic rings. The number of carbonyl (C=O) groups excluding carboxylic acids is 1. The van der Waals surface area contributed by atoms with Crippen molar-refractivity contribution in [2.45, 2.75) is 37.9 Å². The summed E-state index contributed by atoms with van der Waals surface area (Å²) in [6.45, 7) is 0.349. The van der Waals surface area contributed by atoms with E-state index >= 15 is 0 Å². The first-order chi connectivity index (χ1) is 16.6. The number of halogens is 4. The average molecular weight is 490 g/mol. The Kier molecular flexibility index (Phi) is 7.09. The Morgan fingerprint density at radius 2 is 1.77 bits per heavy atom. The van der Waals surface area contributed by atoms with Gasteiger partial charge in [-0.2, -0.15) is 18.2 Å². The Bertz CT molecular complexity index is 1210. The predicted molar refractivity (Wildman–Crippen MR) is 127 cm³/mol. The topological polar surface area (TPSA) is 70.2 Å². The number of hydrogen-bond donors (Lipinski definition) is 2. The highest BCUT2D eigenvalue weighted by atomic mass is 19.4. The van der Waals surface area contributed by atoms with E-state index in [1.165, 1.54) is 0 Å². The van der Waals surface area contributed by atoms with Gasteiger partial charge < -0.3 is 15.5 Å². The Hall–Kier alpha value is -3.43. The van der Waals surface area contributed by atoms with Crippen LogP contribution in [0.15, 0.2) is 42.5 Å². The van der Waals surface area contributed by atoms with Gasteiger partial charge in [0.05, 0.1) is 11.1 Å². The van der Waals surface area contributed by atoms with Gasteiger partial charge in [0.2, 0.25) is 5.95 Å². The first-order valence-electron chi connectivity index (χ1n) is 11.5. The normalized spacial score (nSPS) is 18.3. The lowest BCUT2D eigenvalue weighted by molar-refractivity contribution is -0.140. The number of alkyl halides is 3. The molecule has 4 rings (SSSR count). The predicted octanol–water partition coefficient (Wildman–Crippen LogP) is 5.25. The maximum Gasteiger partial charge on any atom is 0.419 e. The number of amides is 1. The number of para-hydroxylation sites is 1. The van der Waals surface area contributed by atoms with Crippen LogP contribution in [-0.2, 0) is 6.18 Å². The summed E-state index contributed by atoms with van der Waals surface area (Å²) in [5.74, 6) is -0.427. The highest BCUT2D eigenvalue weighted by Gasteiger charge is 2.34. The van der Waals surface area contributed by atoms with Crippen LogP contribution in [0.1, 0.15) is 41.6 Å². The van der Waals surface area contributed by atoms with E-state index in [0.29, 0.717) is 24.6 Å². The quantitative estimate of drug-likeness (QED) is 0.463. The lowest BCUT2D eigenvalue weighted by Gasteiger charge is -2.29. The first kappa shape index (κ1) is 24.7. The van der Waals surface area contributed by atoms with E-state index in [2.05, 4.69) is 20.6 Å². The fraction of sp³-hybridized carbons (Fsp3) is 0.400. The summed E-state index contributed by atoms with van der Waals surface area (Å²) in [5.41, 5.74) is -0.788. The Morgan fingerprint density at radius 3 is 2.46 bits per heavy atom. The minimum Gasteiger partial charge on any atom is -0.362 e. The average Bonchev–Trinajstić information content (AvgIpc) is 2.82. The van der Waals surface area contributed by atoms with Gasteiger partial charge in [-0.05, 0) is 61.9 Å². The van der Waals surface area contributed by atoms with E-state index in [9.17, 15) is 22.4 Å². The molecule has 35 heavy (non-hydrogen) atoms. The summed E-state index contributed by atoms with van der Waals surface area (Å²) in [6, 6.07) is 10.3. The number of carbonyl (C=O) groups is 1. The molecule has 1 heterocycles. The molecule has 0 radical (unpaired) electrons. The molecule has 0 atom stereocenters. The molecule has 10 heteroatoms. The zero-order valence-electron chi connectivity index (χ0n) is 19.5. The van der Waals surface area contributed by atoms with E-state index in [-0.39, 0.29) is 17.5 Å². The van der Waals surface area contributed by atoms with Gasteiger partial charge in [-0.1, -0.05) is 12.1 Å². The summed E-state index contributed by atoms with van der Waals surface area (Å²) in [5, 5.41) is 7.10. The molecule has 1 aliphatic carbocycles. The number of nitrogens with one attached hydrogen (secondary N) is 2. The van der Waals surface area contributed by atoms with E-state index in [1.807, 2.05) is 43.3 Å². The van der Waals surface area contributed by atoms with Crippen LogP contribution in [0.3, 0.4) is 0 Å².